The fraction of sp³-hybridized carbons (Fsp3) is 0.0400. The predicted molar refractivity (Wildman–Crippen MR) is 117 cm³/mol. The third-order valence-electron chi connectivity index (χ3n) is 5.23. The summed E-state index contributed by atoms with van der Waals surface area (Å²) < 4.78 is 30.0. The zero-order valence-corrected chi connectivity index (χ0v) is 16.9. The second-order valence-electron chi connectivity index (χ2n) is 7.35. The molecule has 7 heteroatoms. The first kappa shape index (κ1) is 19.7. The van der Waals surface area contributed by atoms with E-state index in [1.807, 2.05) is 59.1 Å². The van der Waals surface area contributed by atoms with Gasteiger partial charge in [0.1, 0.15) is 5.82 Å². The third kappa shape index (κ3) is 3.76. The minimum Gasteiger partial charge on any atom is -0.347 e. The molecule has 0 aliphatic heterocycles. The Morgan fingerprint density at radius 1 is 0.875 bits per heavy atom. The Labute approximate surface area is 182 Å². The van der Waals surface area contributed by atoms with E-state index in [1.54, 1.807) is 16.9 Å². The minimum absolute atomic E-state index is 0.0669. The van der Waals surface area contributed by atoms with Gasteiger partial charge in [0.05, 0.1) is 0 Å². The van der Waals surface area contributed by atoms with Crippen LogP contribution in [0.1, 0.15) is 16.1 Å². The van der Waals surface area contributed by atoms with Crippen LogP contribution in [0.25, 0.3) is 22.5 Å². The maximum Gasteiger partial charge on any atom is 0.272 e. The molecule has 5 rings (SSSR count). The van der Waals surface area contributed by atoms with Gasteiger partial charge in [-0.3, -0.25) is 4.79 Å². The summed E-state index contributed by atoms with van der Waals surface area (Å²) in [5.41, 5.74) is 3.85. The van der Waals surface area contributed by atoms with Gasteiger partial charge in [0.25, 0.3) is 5.91 Å². The molecule has 158 valence electrons. The van der Waals surface area contributed by atoms with Gasteiger partial charge < -0.3 is 9.72 Å². The lowest BCUT2D eigenvalue weighted by molar-refractivity contribution is 0.0945. The molecule has 0 aliphatic carbocycles. The van der Waals surface area contributed by atoms with Gasteiger partial charge in [0.2, 0.25) is 0 Å². The van der Waals surface area contributed by atoms with Crippen molar-refractivity contribution in [1.82, 2.24) is 19.5 Å². The highest BCUT2D eigenvalue weighted by Crippen LogP contribution is 2.23. The van der Waals surface area contributed by atoms with E-state index in [0.717, 1.165) is 34.6 Å². The van der Waals surface area contributed by atoms with E-state index in [4.69, 9.17) is 0 Å². The Balaban J connectivity index is 1.38. The predicted octanol–water partition coefficient (Wildman–Crippen LogP) is 5.00. The number of halogens is 2. The third-order valence-corrected chi connectivity index (χ3v) is 5.23. The Hall–Kier alpha value is -4.26. The lowest BCUT2D eigenvalue weighted by Gasteiger charge is -2.07. The van der Waals surface area contributed by atoms with Crippen molar-refractivity contribution >= 4 is 11.4 Å². The Morgan fingerprint density at radius 3 is 2.50 bits per heavy atom. The first-order chi connectivity index (χ1) is 15.6. The average molecular weight is 428 g/mol. The lowest BCUT2D eigenvalue weighted by atomic mass is 10.1. The summed E-state index contributed by atoms with van der Waals surface area (Å²) in [4.78, 5) is 12.5. The summed E-state index contributed by atoms with van der Waals surface area (Å²) in [5.74, 6) is -1.48. The van der Waals surface area contributed by atoms with Crippen molar-refractivity contribution in [3.8, 4) is 16.9 Å². The Bertz CT molecular complexity index is 1420. The summed E-state index contributed by atoms with van der Waals surface area (Å²) in [6.07, 6.45) is 3.74. The largest absolute Gasteiger partial charge is 0.347 e. The van der Waals surface area contributed by atoms with E-state index < -0.39 is 17.5 Å². The maximum atomic E-state index is 13.3. The maximum absolute atomic E-state index is 13.3. The second kappa shape index (κ2) is 8.11. The molecule has 0 fully saturated rings. The van der Waals surface area contributed by atoms with Gasteiger partial charge in [0.15, 0.2) is 17.3 Å². The quantitative estimate of drug-likeness (QED) is 0.428. The van der Waals surface area contributed by atoms with Gasteiger partial charge in [0, 0.05) is 24.5 Å². The molecule has 0 bridgehead atoms. The van der Waals surface area contributed by atoms with E-state index in [1.165, 1.54) is 6.07 Å². The van der Waals surface area contributed by atoms with Gasteiger partial charge in [-0.1, -0.05) is 42.5 Å². The highest BCUT2D eigenvalue weighted by molar-refractivity contribution is 5.92. The molecule has 3 aromatic heterocycles. The summed E-state index contributed by atoms with van der Waals surface area (Å²) >= 11 is 0. The van der Waals surface area contributed by atoms with Crippen LogP contribution in [0.3, 0.4) is 0 Å². The molecule has 1 N–H and O–H groups in total. The fourth-order valence-electron chi connectivity index (χ4n) is 3.57. The summed E-state index contributed by atoms with van der Waals surface area (Å²) in [5, 5.41) is 7.08. The van der Waals surface area contributed by atoms with E-state index in [0.29, 0.717) is 5.56 Å². The number of amides is 1. The number of nitrogens with one attached hydrogen (secondary N) is 1. The molecule has 5 nitrogen and oxygen atoms in total. The average Bonchev–Trinajstić information content (AvgIpc) is 3.47. The number of hydrogen-bond acceptors (Lipinski definition) is 2. The molecule has 0 aliphatic rings. The molecule has 5 aromatic rings. The van der Waals surface area contributed by atoms with Crippen molar-refractivity contribution in [3.63, 3.8) is 0 Å². The number of aromatic nitrogens is 3. The fourth-order valence-corrected chi connectivity index (χ4v) is 3.57. The molecule has 2 aromatic carbocycles. The van der Waals surface area contributed by atoms with Gasteiger partial charge >= 0.3 is 0 Å². The number of benzene rings is 2. The highest BCUT2D eigenvalue weighted by atomic mass is 19.2. The molecular formula is C25H18F2N4O. The van der Waals surface area contributed by atoms with E-state index in [9.17, 15) is 13.6 Å². The zero-order chi connectivity index (χ0) is 22.1. The number of rotatable bonds is 5. The molecule has 0 unspecified atom stereocenters. The van der Waals surface area contributed by atoms with Crippen LogP contribution >= 0.6 is 0 Å². The Kier molecular flexibility index (Phi) is 4.99. The number of carbonyl (C=O) groups is 1. The number of hydrogen-bond donors (Lipinski definition) is 1. The molecule has 0 saturated heterocycles. The number of pyridine rings is 1. The van der Waals surface area contributed by atoms with Crippen molar-refractivity contribution < 1.29 is 13.6 Å². The SMILES string of the molecule is O=C(NCc1ccc(F)c(F)c1)c1ccn(-c2ccc3ccc(-c4ccccc4)cn23)n1. The van der Waals surface area contributed by atoms with Crippen molar-refractivity contribution in [3.05, 3.63) is 114 Å². The van der Waals surface area contributed by atoms with Crippen LogP contribution in [0, 0.1) is 11.6 Å². The number of carbonyl (C=O) groups excluding carboxylic acids is 1. The smallest absolute Gasteiger partial charge is 0.272 e. The lowest BCUT2D eigenvalue weighted by Crippen LogP contribution is -2.23. The summed E-state index contributed by atoms with van der Waals surface area (Å²) in [7, 11) is 0. The van der Waals surface area contributed by atoms with E-state index >= 15 is 0 Å². The van der Waals surface area contributed by atoms with Crippen LogP contribution in [-0.4, -0.2) is 20.1 Å². The second-order valence-corrected chi connectivity index (χ2v) is 7.35. The van der Waals surface area contributed by atoms with Crippen LogP contribution in [0.4, 0.5) is 8.78 Å². The first-order valence-corrected chi connectivity index (χ1v) is 10.0. The van der Waals surface area contributed by atoms with Crippen molar-refractivity contribution in [2.75, 3.05) is 0 Å². The van der Waals surface area contributed by atoms with Crippen LogP contribution in [-0.2, 0) is 6.54 Å². The van der Waals surface area contributed by atoms with E-state index in [2.05, 4.69) is 16.5 Å². The van der Waals surface area contributed by atoms with Crippen LogP contribution in [0.15, 0.2) is 91.3 Å². The van der Waals surface area contributed by atoms with Crippen molar-refractivity contribution in [1.29, 1.82) is 0 Å². The molecule has 0 atom stereocenters. The minimum atomic E-state index is -0.948. The Morgan fingerprint density at radius 2 is 1.69 bits per heavy atom. The van der Waals surface area contributed by atoms with Crippen molar-refractivity contribution in [2.45, 2.75) is 6.54 Å². The van der Waals surface area contributed by atoms with Crippen molar-refractivity contribution in [2.24, 2.45) is 0 Å². The molecular weight excluding hydrogens is 410 g/mol. The molecule has 0 spiro atoms. The van der Waals surface area contributed by atoms with Crippen LogP contribution in [0.2, 0.25) is 0 Å². The normalized spacial score (nSPS) is 11.1. The summed E-state index contributed by atoms with van der Waals surface area (Å²) in [6, 6.07) is 23.2. The van der Waals surface area contributed by atoms with Gasteiger partial charge in [-0.2, -0.15) is 5.10 Å². The number of fused-ring (bicyclic) bond motifs is 1. The summed E-state index contributed by atoms with van der Waals surface area (Å²) in [6.45, 7) is 0.0669. The zero-order valence-electron chi connectivity index (χ0n) is 16.9. The van der Waals surface area contributed by atoms with Crippen LogP contribution < -0.4 is 5.32 Å². The molecule has 1 amide bonds. The topological polar surface area (TPSA) is 51.3 Å². The van der Waals surface area contributed by atoms with Crippen LogP contribution in [0.5, 0.6) is 0 Å². The van der Waals surface area contributed by atoms with Gasteiger partial charge in [-0.15, -0.1) is 0 Å². The molecule has 3 heterocycles. The molecule has 0 radical (unpaired) electrons. The monoisotopic (exact) mass is 428 g/mol. The van der Waals surface area contributed by atoms with Gasteiger partial charge in [-0.05, 0) is 53.1 Å². The first-order valence-electron chi connectivity index (χ1n) is 10.0. The van der Waals surface area contributed by atoms with E-state index in [-0.39, 0.29) is 12.2 Å². The van der Waals surface area contributed by atoms with Gasteiger partial charge in [-0.25, -0.2) is 13.5 Å². The highest BCUT2D eigenvalue weighted by Gasteiger charge is 2.13. The number of nitrogens with zero attached hydrogens (tertiary/aromatic N) is 3. The molecule has 32 heavy (non-hydrogen) atoms. The molecule has 0 saturated carbocycles. The standard InChI is InChI=1S/C25H18F2N4O/c26-21-10-6-17(14-22(21)27)15-28-25(32)23-12-13-31(29-23)24-11-9-20-8-7-19(16-30(20)24)18-4-2-1-3-5-18/h1-14,16H,15H2,(H,28,32).